The maximum atomic E-state index is 13.1. The maximum Gasteiger partial charge on any atom is 0.277 e. The van der Waals surface area contributed by atoms with Gasteiger partial charge in [-0.3, -0.25) is 14.5 Å². The van der Waals surface area contributed by atoms with E-state index in [1.54, 1.807) is 6.20 Å². The standard InChI is InChI=1S/C24H26N6O2/c1-15-11-17(7-8-25-15)24-27-20(14-32-24)23(31)26-19-12-18-16(2)28-29(3)21(18)13-22(19)30-9-5-4-6-10-30/h7-8,11-14H,4-6,9-10H2,1-3H3,(H,26,31). The lowest BCUT2D eigenvalue weighted by molar-refractivity contribution is 0.102. The molecule has 1 fully saturated rings. The number of aromatic nitrogens is 4. The number of pyridine rings is 1. The molecule has 1 aromatic carbocycles. The molecule has 0 bridgehead atoms. The second-order valence-corrected chi connectivity index (χ2v) is 8.32. The Kier molecular flexibility index (Phi) is 5.13. The summed E-state index contributed by atoms with van der Waals surface area (Å²) in [5.74, 6) is 0.0976. The number of nitrogens with zero attached hydrogens (tertiary/aromatic N) is 5. The molecule has 0 aliphatic carbocycles. The van der Waals surface area contributed by atoms with Gasteiger partial charge in [-0.15, -0.1) is 0 Å². The fourth-order valence-corrected chi connectivity index (χ4v) is 4.34. The molecule has 1 aliphatic heterocycles. The van der Waals surface area contributed by atoms with Crippen molar-refractivity contribution < 1.29 is 9.21 Å². The van der Waals surface area contributed by atoms with Gasteiger partial charge in [-0.05, 0) is 57.4 Å². The first-order chi connectivity index (χ1) is 15.5. The van der Waals surface area contributed by atoms with Gasteiger partial charge in [0.15, 0.2) is 5.69 Å². The molecule has 164 valence electrons. The average molecular weight is 431 g/mol. The van der Waals surface area contributed by atoms with Crippen LogP contribution >= 0.6 is 0 Å². The Balaban J connectivity index is 1.49. The quantitative estimate of drug-likeness (QED) is 0.513. The Bertz CT molecular complexity index is 1300. The first-order valence-electron chi connectivity index (χ1n) is 10.9. The Morgan fingerprint density at radius 3 is 2.72 bits per heavy atom. The van der Waals surface area contributed by atoms with E-state index in [9.17, 15) is 4.79 Å². The first kappa shape index (κ1) is 20.2. The first-order valence-corrected chi connectivity index (χ1v) is 10.9. The van der Waals surface area contributed by atoms with E-state index in [4.69, 9.17) is 4.42 Å². The fraction of sp³-hybridized carbons (Fsp3) is 0.333. The predicted molar refractivity (Wildman–Crippen MR) is 124 cm³/mol. The van der Waals surface area contributed by atoms with Gasteiger partial charge in [-0.2, -0.15) is 5.10 Å². The zero-order chi connectivity index (χ0) is 22.2. The Labute approximate surface area is 186 Å². The highest BCUT2D eigenvalue weighted by molar-refractivity contribution is 6.06. The number of hydrogen-bond donors (Lipinski definition) is 1. The molecular weight excluding hydrogens is 404 g/mol. The zero-order valence-electron chi connectivity index (χ0n) is 18.6. The number of piperidine rings is 1. The van der Waals surface area contributed by atoms with Gasteiger partial charge < -0.3 is 14.6 Å². The molecule has 4 heterocycles. The number of amides is 1. The van der Waals surface area contributed by atoms with Crippen molar-refractivity contribution in [3.05, 3.63) is 53.8 Å². The molecule has 1 N–H and O–H groups in total. The van der Waals surface area contributed by atoms with Gasteiger partial charge in [0.1, 0.15) is 6.26 Å². The third-order valence-electron chi connectivity index (χ3n) is 5.98. The molecule has 0 saturated carbocycles. The van der Waals surface area contributed by atoms with Crippen LogP contribution in [0.4, 0.5) is 11.4 Å². The van der Waals surface area contributed by atoms with Crippen LogP contribution in [0.2, 0.25) is 0 Å². The number of fused-ring (bicyclic) bond motifs is 1. The molecule has 3 aromatic heterocycles. The summed E-state index contributed by atoms with van der Waals surface area (Å²) >= 11 is 0. The van der Waals surface area contributed by atoms with Crippen LogP contribution in [0.3, 0.4) is 0 Å². The summed E-state index contributed by atoms with van der Waals surface area (Å²) in [5, 5.41) is 8.65. The van der Waals surface area contributed by atoms with Crippen LogP contribution in [0.1, 0.15) is 41.1 Å². The topological polar surface area (TPSA) is 89.1 Å². The number of nitrogens with one attached hydrogen (secondary N) is 1. The summed E-state index contributed by atoms with van der Waals surface area (Å²) in [6.07, 6.45) is 6.63. The number of carbonyl (C=O) groups is 1. The van der Waals surface area contributed by atoms with Crippen molar-refractivity contribution in [1.82, 2.24) is 19.7 Å². The molecule has 1 saturated heterocycles. The number of aryl methyl sites for hydroxylation is 3. The summed E-state index contributed by atoms with van der Waals surface area (Å²) in [7, 11) is 1.95. The summed E-state index contributed by atoms with van der Waals surface area (Å²) in [6.45, 7) is 5.83. The van der Waals surface area contributed by atoms with Gasteiger partial charge in [-0.1, -0.05) is 0 Å². The highest BCUT2D eigenvalue weighted by Crippen LogP contribution is 2.34. The average Bonchev–Trinajstić information content (AvgIpc) is 3.39. The summed E-state index contributed by atoms with van der Waals surface area (Å²) in [4.78, 5) is 24.0. The largest absolute Gasteiger partial charge is 0.444 e. The van der Waals surface area contributed by atoms with Crippen LogP contribution in [0.15, 0.2) is 41.1 Å². The third kappa shape index (κ3) is 3.72. The lowest BCUT2D eigenvalue weighted by atomic mass is 10.1. The van der Waals surface area contributed by atoms with E-state index < -0.39 is 0 Å². The van der Waals surface area contributed by atoms with E-state index in [-0.39, 0.29) is 11.6 Å². The number of hydrogen-bond acceptors (Lipinski definition) is 6. The minimum absolute atomic E-state index is 0.238. The smallest absolute Gasteiger partial charge is 0.277 e. The Hall–Kier alpha value is -3.68. The van der Waals surface area contributed by atoms with Crippen LogP contribution in [0.25, 0.3) is 22.4 Å². The SMILES string of the molecule is Cc1cc(-c2nc(C(=O)Nc3cc4c(C)nn(C)c4cc3N3CCCCC3)co2)ccn1. The number of oxazole rings is 1. The lowest BCUT2D eigenvalue weighted by Crippen LogP contribution is -2.30. The highest BCUT2D eigenvalue weighted by Gasteiger charge is 2.21. The Morgan fingerprint density at radius 2 is 1.94 bits per heavy atom. The van der Waals surface area contributed by atoms with Crippen molar-refractivity contribution in [2.24, 2.45) is 7.05 Å². The summed E-state index contributed by atoms with van der Waals surface area (Å²) in [5.41, 5.74) is 5.66. The molecule has 0 unspecified atom stereocenters. The summed E-state index contributed by atoms with van der Waals surface area (Å²) < 4.78 is 7.47. The molecule has 8 heteroatoms. The molecule has 0 atom stereocenters. The van der Waals surface area contributed by atoms with Gasteiger partial charge in [0.25, 0.3) is 5.91 Å². The Morgan fingerprint density at radius 1 is 1.12 bits per heavy atom. The van der Waals surface area contributed by atoms with Crippen LogP contribution in [0, 0.1) is 13.8 Å². The summed E-state index contributed by atoms with van der Waals surface area (Å²) in [6, 6.07) is 7.84. The fourth-order valence-electron chi connectivity index (χ4n) is 4.34. The molecule has 1 amide bonds. The molecular formula is C24H26N6O2. The lowest BCUT2D eigenvalue weighted by Gasteiger charge is -2.30. The molecule has 0 spiro atoms. The van der Waals surface area contributed by atoms with E-state index in [2.05, 4.69) is 31.3 Å². The van der Waals surface area contributed by atoms with E-state index in [0.29, 0.717) is 5.89 Å². The normalized spacial score (nSPS) is 14.2. The van der Waals surface area contributed by atoms with Crippen molar-refractivity contribution >= 4 is 28.2 Å². The highest BCUT2D eigenvalue weighted by atomic mass is 16.3. The third-order valence-corrected chi connectivity index (χ3v) is 5.98. The van der Waals surface area contributed by atoms with Crippen molar-refractivity contribution in [3.8, 4) is 11.5 Å². The van der Waals surface area contributed by atoms with E-state index >= 15 is 0 Å². The van der Waals surface area contributed by atoms with E-state index in [1.807, 2.05) is 43.8 Å². The minimum Gasteiger partial charge on any atom is -0.444 e. The second-order valence-electron chi connectivity index (χ2n) is 8.32. The van der Waals surface area contributed by atoms with E-state index in [1.165, 1.54) is 12.7 Å². The van der Waals surface area contributed by atoms with Gasteiger partial charge in [0.05, 0.1) is 22.6 Å². The van der Waals surface area contributed by atoms with Gasteiger partial charge in [-0.25, -0.2) is 4.98 Å². The van der Waals surface area contributed by atoms with Crippen molar-refractivity contribution in [1.29, 1.82) is 0 Å². The maximum absolute atomic E-state index is 13.1. The monoisotopic (exact) mass is 430 g/mol. The minimum atomic E-state index is -0.301. The van der Waals surface area contributed by atoms with Crippen LogP contribution in [-0.4, -0.2) is 38.7 Å². The predicted octanol–water partition coefficient (Wildman–Crippen LogP) is 4.48. The van der Waals surface area contributed by atoms with Gasteiger partial charge >= 0.3 is 0 Å². The van der Waals surface area contributed by atoms with Gasteiger partial charge in [0.2, 0.25) is 5.89 Å². The van der Waals surface area contributed by atoms with E-state index in [0.717, 1.165) is 65.2 Å². The van der Waals surface area contributed by atoms with Crippen molar-refractivity contribution in [2.45, 2.75) is 33.1 Å². The number of benzene rings is 1. The molecule has 8 nitrogen and oxygen atoms in total. The molecule has 0 radical (unpaired) electrons. The number of rotatable bonds is 4. The number of carbonyl (C=O) groups excluding carboxylic acids is 1. The number of anilines is 2. The van der Waals surface area contributed by atoms with Crippen LogP contribution in [0.5, 0.6) is 0 Å². The zero-order valence-corrected chi connectivity index (χ0v) is 18.6. The molecule has 4 aromatic rings. The second kappa shape index (κ2) is 8.11. The van der Waals surface area contributed by atoms with Gasteiger partial charge in [0, 0.05) is 43.0 Å². The van der Waals surface area contributed by atoms with Crippen LogP contribution in [-0.2, 0) is 7.05 Å². The molecule has 32 heavy (non-hydrogen) atoms. The van der Waals surface area contributed by atoms with Crippen LogP contribution < -0.4 is 10.2 Å². The molecule has 5 rings (SSSR count). The van der Waals surface area contributed by atoms with Crippen molar-refractivity contribution in [2.75, 3.05) is 23.3 Å². The van der Waals surface area contributed by atoms with Crippen molar-refractivity contribution in [3.63, 3.8) is 0 Å². The molecule has 1 aliphatic rings.